The molecule has 0 saturated heterocycles. The van der Waals surface area contributed by atoms with E-state index >= 15 is 0 Å². The molecule has 0 amide bonds. The number of hydrogen-bond acceptors (Lipinski definition) is 3. The Labute approximate surface area is 96.4 Å². The van der Waals surface area contributed by atoms with E-state index < -0.39 is 0 Å². The zero-order valence-electron chi connectivity index (χ0n) is 10.1. The molecule has 16 heavy (non-hydrogen) atoms. The summed E-state index contributed by atoms with van der Waals surface area (Å²) in [6, 6.07) is 5.64. The highest BCUT2D eigenvalue weighted by Gasteiger charge is 2.13. The Hall–Kier alpha value is -1.51. The van der Waals surface area contributed by atoms with Crippen LogP contribution in [-0.4, -0.2) is 19.7 Å². The number of hydrogen-bond donors (Lipinski definition) is 0. The van der Waals surface area contributed by atoms with E-state index in [1.807, 2.05) is 18.2 Å². The summed E-state index contributed by atoms with van der Waals surface area (Å²) >= 11 is 0. The molecular weight excluding hydrogens is 204 g/mol. The fourth-order valence-electron chi connectivity index (χ4n) is 1.57. The van der Waals surface area contributed by atoms with E-state index in [2.05, 4.69) is 6.92 Å². The first-order valence-electron chi connectivity index (χ1n) is 5.57. The van der Waals surface area contributed by atoms with E-state index in [0.717, 1.165) is 18.4 Å². The zero-order valence-corrected chi connectivity index (χ0v) is 10.1. The number of ether oxygens (including phenoxy) is 2. The number of methoxy groups -OCH3 is 1. The van der Waals surface area contributed by atoms with Crippen molar-refractivity contribution in [3.8, 4) is 5.75 Å². The van der Waals surface area contributed by atoms with Crippen LogP contribution in [0.3, 0.4) is 0 Å². The normalized spacial score (nSPS) is 9.94. The Bertz CT molecular complexity index is 358. The van der Waals surface area contributed by atoms with Gasteiger partial charge in [-0.05, 0) is 31.0 Å². The maximum Gasteiger partial charge on any atom is 0.341 e. The van der Waals surface area contributed by atoms with Gasteiger partial charge in [-0.3, -0.25) is 0 Å². The lowest BCUT2D eigenvalue weighted by atomic mass is 10.1. The second kappa shape index (κ2) is 6.16. The number of esters is 1. The van der Waals surface area contributed by atoms with Gasteiger partial charge in [-0.15, -0.1) is 0 Å². The second-order valence-electron chi connectivity index (χ2n) is 3.51. The summed E-state index contributed by atoms with van der Waals surface area (Å²) in [7, 11) is 1.55. The van der Waals surface area contributed by atoms with Crippen molar-refractivity contribution >= 4 is 5.97 Å². The van der Waals surface area contributed by atoms with Crippen molar-refractivity contribution in [1.29, 1.82) is 0 Å². The van der Waals surface area contributed by atoms with Crippen LogP contribution >= 0.6 is 0 Å². The maximum absolute atomic E-state index is 11.7. The van der Waals surface area contributed by atoms with Crippen molar-refractivity contribution in [2.45, 2.75) is 26.7 Å². The number of carbonyl (C=O) groups excluding carboxylic acids is 1. The minimum absolute atomic E-state index is 0.322. The van der Waals surface area contributed by atoms with E-state index in [1.165, 1.54) is 0 Å². The van der Waals surface area contributed by atoms with E-state index in [1.54, 1.807) is 14.0 Å². The topological polar surface area (TPSA) is 35.5 Å². The quantitative estimate of drug-likeness (QED) is 0.719. The van der Waals surface area contributed by atoms with Crippen molar-refractivity contribution in [3.63, 3.8) is 0 Å². The second-order valence-corrected chi connectivity index (χ2v) is 3.51. The lowest BCUT2D eigenvalue weighted by Crippen LogP contribution is -2.07. The van der Waals surface area contributed by atoms with Crippen molar-refractivity contribution in [1.82, 2.24) is 0 Å². The minimum Gasteiger partial charge on any atom is -0.496 e. The van der Waals surface area contributed by atoms with Gasteiger partial charge in [0.2, 0.25) is 0 Å². The molecule has 0 aliphatic carbocycles. The number of rotatable bonds is 5. The zero-order chi connectivity index (χ0) is 12.0. The Morgan fingerprint density at radius 3 is 2.62 bits per heavy atom. The Morgan fingerprint density at radius 2 is 2.06 bits per heavy atom. The van der Waals surface area contributed by atoms with Gasteiger partial charge in [0, 0.05) is 0 Å². The van der Waals surface area contributed by atoms with E-state index in [0.29, 0.717) is 17.9 Å². The summed E-state index contributed by atoms with van der Waals surface area (Å²) in [6.07, 6.45) is 2.00. The molecule has 3 heteroatoms. The van der Waals surface area contributed by atoms with E-state index in [4.69, 9.17) is 9.47 Å². The van der Waals surface area contributed by atoms with Crippen molar-refractivity contribution < 1.29 is 14.3 Å². The van der Waals surface area contributed by atoms with Gasteiger partial charge in [-0.1, -0.05) is 19.4 Å². The third-order valence-corrected chi connectivity index (χ3v) is 2.30. The predicted octanol–water partition coefficient (Wildman–Crippen LogP) is 2.82. The molecule has 1 aromatic carbocycles. The molecule has 0 heterocycles. The molecule has 0 N–H and O–H groups in total. The molecule has 0 saturated carbocycles. The highest BCUT2D eigenvalue weighted by molar-refractivity contribution is 5.92. The number of carbonyl (C=O) groups is 1. The van der Waals surface area contributed by atoms with Gasteiger partial charge in [0.15, 0.2) is 0 Å². The van der Waals surface area contributed by atoms with Crippen LogP contribution in [0.15, 0.2) is 18.2 Å². The largest absolute Gasteiger partial charge is 0.496 e. The van der Waals surface area contributed by atoms with Crippen LogP contribution in [0.4, 0.5) is 0 Å². The molecule has 1 aromatic rings. The molecule has 0 atom stereocenters. The third-order valence-electron chi connectivity index (χ3n) is 2.30. The van der Waals surface area contributed by atoms with Gasteiger partial charge in [-0.2, -0.15) is 0 Å². The van der Waals surface area contributed by atoms with Gasteiger partial charge in [-0.25, -0.2) is 4.79 Å². The lowest BCUT2D eigenvalue weighted by Gasteiger charge is -2.09. The predicted molar refractivity (Wildman–Crippen MR) is 62.9 cm³/mol. The fourth-order valence-corrected chi connectivity index (χ4v) is 1.57. The Morgan fingerprint density at radius 1 is 1.31 bits per heavy atom. The van der Waals surface area contributed by atoms with Crippen molar-refractivity contribution in [2.24, 2.45) is 0 Å². The maximum atomic E-state index is 11.7. The van der Waals surface area contributed by atoms with Gasteiger partial charge >= 0.3 is 5.97 Å². The van der Waals surface area contributed by atoms with Crippen LogP contribution in [0.1, 0.15) is 36.2 Å². The van der Waals surface area contributed by atoms with Crippen LogP contribution in [-0.2, 0) is 11.2 Å². The molecule has 0 aliphatic rings. The minimum atomic E-state index is -0.322. The summed E-state index contributed by atoms with van der Waals surface area (Å²) in [5.41, 5.74) is 1.64. The number of aryl methyl sites for hydroxylation is 1. The first kappa shape index (κ1) is 12.6. The lowest BCUT2D eigenvalue weighted by molar-refractivity contribution is 0.0522. The SMILES string of the molecule is CCCc1ccc(OC)c(C(=O)OCC)c1. The van der Waals surface area contributed by atoms with E-state index in [9.17, 15) is 4.79 Å². The van der Waals surface area contributed by atoms with Crippen LogP contribution in [0.2, 0.25) is 0 Å². The molecule has 0 fully saturated rings. The van der Waals surface area contributed by atoms with Gasteiger partial charge in [0.05, 0.1) is 13.7 Å². The summed E-state index contributed by atoms with van der Waals surface area (Å²) in [5, 5.41) is 0. The third kappa shape index (κ3) is 2.99. The van der Waals surface area contributed by atoms with Gasteiger partial charge in [0.25, 0.3) is 0 Å². The smallest absolute Gasteiger partial charge is 0.341 e. The Balaban J connectivity index is 3.01. The van der Waals surface area contributed by atoms with Crippen molar-refractivity contribution in [3.05, 3.63) is 29.3 Å². The van der Waals surface area contributed by atoms with Gasteiger partial charge in [0.1, 0.15) is 11.3 Å². The molecule has 1 rings (SSSR count). The molecule has 0 aliphatic heterocycles. The molecule has 0 aromatic heterocycles. The summed E-state index contributed by atoms with van der Waals surface area (Å²) in [6.45, 7) is 4.27. The average molecular weight is 222 g/mol. The molecular formula is C13H18O3. The highest BCUT2D eigenvalue weighted by atomic mass is 16.5. The summed E-state index contributed by atoms with van der Waals surface area (Å²) in [4.78, 5) is 11.7. The molecule has 0 spiro atoms. The fraction of sp³-hybridized carbons (Fsp3) is 0.462. The highest BCUT2D eigenvalue weighted by Crippen LogP contribution is 2.21. The van der Waals surface area contributed by atoms with Gasteiger partial charge < -0.3 is 9.47 Å². The first-order valence-corrected chi connectivity index (χ1v) is 5.57. The van der Waals surface area contributed by atoms with Crippen LogP contribution in [0, 0.1) is 0 Å². The van der Waals surface area contributed by atoms with Crippen LogP contribution < -0.4 is 4.74 Å². The Kier molecular flexibility index (Phi) is 4.83. The van der Waals surface area contributed by atoms with Crippen molar-refractivity contribution in [2.75, 3.05) is 13.7 Å². The molecule has 3 nitrogen and oxygen atoms in total. The number of benzene rings is 1. The summed E-state index contributed by atoms with van der Waals surface area (Å²) < 4.78 is 10.1. The molecule has 0 radical (unpaired) electrons. The van der Waals surface area contributed by atoms with Crippen LogP contribution in [0.5, 0.6) is 5.75 Å². The molecule has 0 bridgehead atoms. The molecule has 88 valence electrons. The monoisotopic (exact) mass is 222 g/mol. The van der Waals surface area contributed by atoms with Crippen LogP contribution in [0.25, 0.3) is 0 Å². The first-order chi connectivity index (χ1) is 7.72. The average Bonchev–Trinajstić information content (AvgIpc) is 2.30. The van der Waals surface area contributed by atoms with E-state index in [-0.39, 0.29) is 5.97 Å². The summed E-state index contributed by atoms with van der Waals surface area (Å²) in [5.74, 6) is 0.246. The molecule has 0 unspecified atom stereocenters. The standard InChI is InChI=1S/C13H18O3/c1-4-6-10-7-8-12(15-3)11(9-10)13(14)16-5-2/h7-9H,4-6H2,1-3H3.